The lowest BCUT2D eigenvalue weighted by Crippen LogP contribution is -2.15. The molecule has 0 aliphatic rings. The van der Waals surface area contributed by atoms with Gasteiger partial charge in [-0.2, -0.15) is 18.2 Å². The van der Waals surface area contributed by atoms with Crippen LogP contribution in [0.1, 0.15) is 11.3 Å². The van der Waals surface area contributed by atoms with Crippen LogP contribution in [0.25, 0.3) is 22.2 Å². The smallest absolute Gasteiger partial charge is 0.434 e. The molecule has 3 heterocycles. The summed E-state index contributed by atoms with van der Waals surface area (Å²) in [5.41, 5.74) is 9.14. The zero-order chi connectivity index (χ0) is 22.5. The topological polar surface area (TPSA) is 116 Å². The van der Waals surface area contributed by atoms with Gasteiger partial charge < -0.3 is 21.2 Å². The number of nitrogens with one attached hydrogen (secondary N) is 1. The van der Waals surface area contributed by atoms with Gasteiger partial charge in [0, 0.05) is 12.4 Å². The van der Waals surface area contributed by atoms with Crippen molar-refractivity contribution in [3.63, 3.8) is 0 Å². The fourth-order valence-corrected chi connectivity index (χ4v) is 3.17. The van der Waals surface area contributed by atoms with E-state index in [1.807, 2.05) is 0 Å². The highest BCUT2D eigenvalue weighted by atomic mass is 19.4. The Morgan fingerprint density at radius 2 is 1.74 bits per heavy atom. The van der Waals surface area contributed by atoms with Crippen LogP contribution in [0.15, 0.2) is 30.6 Å². The van der Waals surface area contributed by atoms with Crippen molar-refractivity contribution in [1.29, 1.82) is 0 Å². The Morgan fingerprint density at radius 3 is 2.39 bits per heavy atom. The molecule has 5 N–H and O–H groups in total. The molecule has 4 aromatic rings. The van der Waals surface area contributed by atoms with Crippen molar-refractivity contribution < 1.29 is 26.7 Å². The summed E-state index contributed by atoms with van der Waals surface area (Å²) in [5, 5.41) is 0.501. The van der Waals surface area contributed by atoms with Crippen LogP contribution >= 0.6 is 0 Å². The van der Waals surface area contributed by atoms with E-state index in [1.54, 1.807) is 13.1 Å². The fraction of sp³-hybridized carbons (Fsp3) is 0.105. The van der Waals surface area contributed by atoms with Crippen molar-refractivity contribution in [2.24, 2.45) is 0 Å². The molecule has 0 saturated carbocycles. The van der Waals surface area contributed by atoms with Crippen LogP contribution in [0.3, 0.4) is 0 Å². The second-order valence-electron chi connectivity index (χ2n) is 6.56. The lowest BCUT2D eigenvalue weighted by molar-refractivity contribution is -0.140. The van der Waals surface area contributed by atoms with E-state index >= 15 is 0 Å². The number of alkyl halides is 3. The quantitative estimate of drug-likeness (QED) is 0.405. The van der Waals surface area contributed by atoms with Gasteiger partial charge in [0.1, 0.15) is 17.2 Å². The van der Waals surface area contributed by atoms with Gasteiger partial charge in [-0.15, -0.1) is 0 Å². The number of H-pyrrole nitrogens is 1. The monoisotopic (exact) mass is 436 g/mol. The average molecular weight is 436 g/mol. The van der Waals surface area contributed by atoms with E-state index in [4.69, 9.17) is 16.2 Å². The number of nitrogens with two attached hydrogens (primary N) is 2. The molecule has 160 valence electrons. The highest BCUT2D eigenvalue weighted by Gasteiger charge is 2.38. The summed E-state index contributed by atoms with van der Waals surface area (Å²) < 4.78 is 75.1. The molecule has 0 unspecified atom stereocenters. The van der Waals surface area contributed by atoms with Crippen LogP contribution in [0.4, 0.5) is 33.7 Å². The fourth-order valence-electron chi connectivity index (χ4n) is 3.17. The molecule has 3 aromatic heterocycles. The first-order valence-electron chi connectivity index (χ1n) is 8.66. The van der Waals surface area contributed by atoms with Crippen molar-refractivity contribution in [2.75, 3.05) is 11.5 Å². The Bertz CT molecular complexity index is 1290. The summed E-state index contributed by atoms with van der Waals surface area (Å²) >= 11 is 0. The first kappa shape index (κ1) is 20.3. The van der Waals surface area contributed by atoms with Crippen LogP contribution < -0.4 is 16.2 Å². The third kappa shape index (κ3) is 3.56. The average Bonchev–Trinajstić information content (AvgIpc) is 3.05. The Morgan fingerprint density at radius 1 is 1.06 bits per heavy atom. The zero-order valence-corrected chi connectivity index (χ0v) is 15.7. The molecule has 0 fully saturated rings. The molecule has 0 bridgehead atoms. The lowest BCUT2D eigenvalue weighted by atomic mass is 10.0. The highest BCUT2D eigenvalue weighted by Crippen LogP contribution is 2.41. The predicted molar refractivity (Wildman–Crippen MR) is 102 cm³/mol. The maximum atomic E-state index is 14.8. The van der Waals surface area contributed by atoms with Gasteiger partial charge in [-0.3, -0.25) is 0 Å². The van der Waals surface area contributed by atoms with Crippen molar-refractivity contribution >= 4 is 22.8 Å². The number of benzene rings is 1. The number of aryl methyl sites for hydroxylation is 1. The van der Waals surface area contributed by atoms with Crippen LogP contribution in [-0.2, 0) is 6.18 Å². The molecule has 0 radical (unpaired) electrons. The van der Waals surface area contributed by atoms with Crippen LogP contribution in [0.5, 0.6) is 11.5 Å². The molecule has 0 spiro atoms. The Labute approximate surface area is 170 Å². The van der Waals surface area contributed by atoms with E-state index in [0.717, 1.165) is 5.56 Å². The Balaban J connectivity index is 1.83. The minimum Gasteiger partial charge on any atom is -0.450 e. The summed E-state index contributed by atoms with van der Waals surface area (Å²) in [4.78, 5) is 13.6. The standard InChI is InChI=1S/C19H13F5N6O/c1-7-6-28-17-12(7)11(2-3-27-17)31-14-9(20)4-8(5-10(14)21)13-15(19(22,23)24)29-18(26)30-16(13)25/h2-6H,1H3,(H,27,28)(H4,25,26,29,30). The Kier molecular flexibility index (Phi) is 4.64. The number of rotatable bonds is 3. The van der Waals surface area contributed by atoms with E-state index in [9.17, 15) is 22.0 Å². The number of ether oxygens (including phenoxy) is 1. The largest absolute Gasteiger partial charge is 0.450 e. The molecule has 7 nitrogen and oxygen atoms in total. The Hall–Kier alpha value is -3.96. The maximum absolute atomic E-state index is 14.8. The van der Waals surface area contributed by atoms with Crippen molar-refractivity contribution in [1.82, 2.24) is 19.9 Å². The first-order chi connectivity index (χ1) is 14.6. The second kappa shape index (κ2) is 7.07. The van der Waals surface area contributed by atoms with Gasteiger partial charge in [0.25, 0.3) is 0 Å². The van der Waals surface area contributed by atoms with Gasteiger partial charge in [0.2, 0.25) is 5.95 Å². The molecule has 0 amide bonds. The maximum Gasteiger partial charge on any atom is 0.434 e. The summed E-state index contributed by atoms with van der Waals surface area (Å²) in [5.74, 6) is -4.60. The normalized spacial score (nSPS) is 11.8. The number of hydrogen-bond donors (Lipinski definition) is 3. The number of nitrogen functional groups attached to an aromatic ring is 2. The van der Waals surface area contributed by atoms with E-state index in [-0.39, 0.29) is 5.75 Å². The van der Waals surface area contributed by atoms with E-state index in [1.165, 1.54) is 12.3 Å². The number of aromatic amines is 1. The van der Waals surface area contributed by atoms with Gasteiger partial charge in [0.05, 0.1) is 10.9 Å². The molecule has 0 saturated heterocycles. The molecular weight excluding hydrogens is 423 g/mol. The molecule has 0 aliphatic carbocycles. The molecule has 0 aliphatic heterocycles. The molecule has 0 atom stereocenters. The molecule has 31 heavy (non-hydrogen) atoms. The van der Waals surface area contributed by atoms with Gasteiger partial charge >= 0.3 is 6.18 Å². The second-order valence-corrected chi connectivity index (χ2v) is 6.56. The number of pyridine rings is 1. The van der Waals surface area contributed by atoms with Crippen molar-refractivity contribution in [3.8, 4) is 22.6 Å². The first-order valence-corrected chi connectivity index (χ1v) is 8.66. The predicted octanol–water partition coefficient (Wildman–Crippen LogP) is 4.58. The minimum atomic E-state index is -4.99. The third-order valence-corrected chi connectivity index (χ3v) is 4.45. The number of hydrogen-bond acceptors (Lipinski definition) is 6. The van der Waals surface area contributed by atoms with Gasteiger partial charge in [-0.05, 0) is 36.2 Å². The molecule has 1 aromatic carbocycles. The van der Waals surface area contributed by atoms with Crippen molar-refractivity contribution in [2.45, 2.75) is 13.1 Å². The van der Waals surface area contributed by atoms with Gasteiger partial charge in [-0.1, -0.05) is 0 Å². The summed E-state index contributed by atoms with van der Waals surface area (Å²) in [6.07, 6.45) is -1.97. The zero-order valence-electron chi connectivity index (χ0n) is 15.7. The summed E-state index contributed by atoms with van der Waals surface area (Å²) in [6.45, 7) is 1.74. The SMILES string of the molecule is Cc1c[nH]c2nccc(Oc3c(F)cc(-c4c(N)nc(N)nc4C(F)(F)F)cc3F)c12. The van der Waals surface area contributed by atoms with Crippen LogP contribution in [0, 0.1) is 18.6 Å². The third-order valence-electron chi connectivity index (χ3n) is 4.45. The number of fused-ring (bicyclic) bond motifs is 1. The molecular formula is C19H13F5N6O. The highest BCUT2D eigenvalue weighted by molar-refractivity contribution is 5.86. The number of nitrogens with zero attached hydrogens (tertiary/aromatic N) is 3. The summed E-state index contributed by atoms with van der Waals surface area (Å²) in [6, 6.07) is 2.71. The summed E-state index contributed by atoms with van der Waals surface area (Å²) in [7, 11) is 0. The molecule has 4 rings (SSSR count). The van der Waals surface area contributed by atoms with E-state index in [2.05, 4.69) is 19.9 Å². The van der Waals surface area contributed by atoms with Crippen LogP contribution in [-0.4, -0.2) is 19.9 Å². The number of halogens is 5. The van der Waals surface area contributed by atoms with E-state index < -0.39 is 52.1 Å². The van der Waals surface area contributed by atoms with Gasteiger partial charge in [0.15, 0.2) is 23.1 Å². The van der Waals surface area contributed by atoms with E-state index in [0.29, 0.717) is 23.2 Å². The number of anilines is 2. The molecule has 12 heteroatoms. The van der Waals surface area contributed by atoms with Gasteiger partial charge in [-0.25, -0.2) is 18.7 Å². The van der Waals surface area contributed by atoms with Crippen molar-refractivity contribution in [3.05, 3.63) is 53.5 Å². The van der Waals surface area contributed by atoms with Crippen LogP contribution in [0.2, 0.25) is 0 Å². The minimum absolute atomic E-state index is 0.112. The lowest BCUT2D eigenvalue weighted by Gasteiger charge is -2.16. The number of aromatic nitrogens is 4.